The van der Waals surface area contributed by atoms with Crippen LogP contribution in [0.3, 0.4) is 0 Å². The van der Waals surface area contributed by atoms with E-state index in [1.165, 1.54) is 12.1 Å². The van der Waals surface area contributed by atoms with Crippen LogP contribution in [-0.4, -0.2) is 29.8 Å². The number of nitro benzene ring substituents is 1. The molecule has 0 bridgehead atoms. The highest BCUT2D eigenvalue weighted by atomic mass is 16.6. The number of amides is 2. The fourth-order valence-corrected chi connectivity index (χ4v) is 1.51. The molecule has 0 radical (unpaired) electrons. The van der Waals surface area contributed by atoms with Crippen molar-refractivity contribution in [1.82, 2.24) is 10.6 Å². The highest BCUT2D eigenvalue weighted by Gasteiger charge is 2.15. The predicted octanol–water partition coefficient (Wildman–Crippen LogP) is 0.679. The first-order valence-corrected chi connectivity index (χ1v) is 6.42. The van der Waals surface area contributed by atoms with Gasteiger partial charge in [-0.05, 0) is 12.1 Å². The van der Waals surface area contributed by atoms with Gasteiger partial charge >= 0.3 is 0 Å². The summed E-state index contributed by atoms with van der Waals surface area (Å²) in [5, 5.41) is 15.9. The minimum absolute atomic E-state index is 0.000691. The number of benzene rings is 1. The highest BCUT2D eigenvalue weighted by Crippen LogP contribution is 2.22. The largest absolute Gasteiger partial charge is 0.393 e. The Hall–Kier alpha value is -2.64. The smallest absolute Gasteiger partial charge is 0.292 e. The Morgan fingerprint density at radius 3 is 2.48 bits per heavy atom. The number of hydrogen-bond acceptors (Lipinski definition) is 5. The van der Waals surface area contributed by atoms with Gasteiger partial charge in [0.2, 0.25) is 5.91 Å². The Labute approximate surface area is 121 Å². The first kappa shape index (κ1) is 16.4. The van der Waals surface area contributed by atoms with E-state index in [2.05, 4.69) is 10.6 Å². The maximum absolute atomic E-state index is 11.8. The zero-order valence-corrected chi connectivity index (χ0v) is 11.9. The molecule has 8 nitrogen and oxygen atoms in total. The first-order chi connectivity index (χ1) is 9.82. The highest BCUT2D eigenvalue weighted by molar-refractivity contribution is 5.95. The molecule has 0 aliphatic rings. The minimum Gasteiger partial charge on any atom is -0.393 e. The second kappa shape index (κ2) is 7.22. The van der Waals surface area contributed by atoms with Crippen molar-refractivity contribution in [2.75, 3.05) is 18.8 Å². The van der Waals surface area contributed by atoms with Gasteiger partial charge in [0.15, 0.2) is 0 Å². The van der Waals surface area contributed by atoms with Gasteiger partial charge in [-0.25, -0.2) is 0 Å². The van der Waals surface area contributed by atoms with Gasteiger partial charge in [-0.1, -0.05) is 13.8 Å². The summed E-state index contributed by atoms with van der Waals surface area (Å²) in [7, 11) is 0. The molecule has 0 saturated carbocycles. The normalized spacial score (nSPS) is 10.2. The van der Waals surface area contributed by atoms with Gasteiger partial charge in [0.25, 0.3) is 11.6 Å². The molecule has 1 aromatic carbocycles. The van der Waals surface area contributed by atoms with Crippen molar-refractivity contribution >= 4 is 23.2 Å². The Morgan fingerprint density at radius 1 is 1.29 bits per heavy atom. The Morgan fingerprint density at radius 2 is 1.90 bits per heavy atom. The third-order valence-corrected chi connectivity index (χ3v) is 2.72. The van der Waals surface area contributed by atoms with Crippen LogP contribution in [0.15, 0.2) is 18.2 Å². The number of nitro groups is 1. The monoisotopic (exact) mass is 294 g/mol. The van der Waals surface area contributed by atoms with Crippen molar-refractivity contribution < 1.29 is 14.5 Å². The summed E-state index contributed by atoms with van der Waals surface area (Å²) in [5.41, 5.74) is 5.29. The van der Waals surface area contributed by atoms with Crippen LogP contribution in [0.5, 0.6) is 0 Å². The van der Waals surface area contributed by atoms with Crippen LogP contribution in [0, 0.1) is 16.0 Å². The van der Waals surface area contributed by atoms with E-state index in [1.807, 2.05) is 0 Å². The Balaban J connectivity index is 2.55. The van der Waals surface area contributed by atoms with E-state index in [0.717, 1.165) is 6.07 Å². The topological polar surface area (TPSA) is 127 Å². The van der Waals surface area contributed by atoms with Gasteiger partial charge in [-0.15, -0.1) is 0 Å². The molecule has 0 fully saturated rings. The van der Waals surface area contributed by atoms with E-state index < -0.39 is 10.8 Å². The van der Waals surface area contributed by atoms with E-state index in [1.54, 1.807) is 13.8 Å². The van der Waals surface area contributed by atoms with E-state index >= 15 is 0 Å². The average molecular weight is 294 g/mol. The van der Waals surface area contributed by atoms with Gasteiger partial charge in [0.1, 0.15) is 5.69 Å². The number of carbonyl (C=O) groups excluding carboxylic acids is 2. The van der Waals surface area contributed by atoms with Crippen molar-refractivity contribution in [3.63, 3.8) is 0 Å². The summed E-state index contributed by atoms with van der Waals surface area (Å²) in [5.74, 6) is -0.690. The lowest BCUT2D eigenvalue weighted by molar-refractivity contribution is -0.383. The van der Waals surface area contributed by atoms with E-state index in [-0.39, 0.29) is 35.3 Å². The lowest BCUT2D eigenvalue weighted by atomic mass is 10.1. The van der Waals surface area contributed by atoms with E-state index in [4.69, 9.17) is 5.73 Å². The summed E-state index contributed by atoms with van der Waals surface area (Å²) < 4.78 is 0. The van der Waals surface area contributed by atoms with Crippen LogP contribution in [0.1, 0.15) is 24.2 Å². The number of anilines is 1. The number of nitrogen functional groups attached to an aromatic ring is 1. The summed E-state index contributed by atoms with van der Waals surface area (Å²) in [6, 6.07) is 3.84. The Kier molecular flexibility index (Phi) is 5.65. The fourth-order valence-electron chi connectivity index (χ4n) is 1.51. The van der Waals surface area contributed by atoms with Crippen molar-refractivity contribution in [3.8, 4) is 0 Å². The van der Waals surface area contributed by atoms with Crippen molar-refractivity contribution in [2.24, 2.45) is 5.92 Å². The molecular weight excluding hydrogens is 276 g/mol. The summed E-state index contributed by atoms with van der Waals surface area (Å²) in [6.45, 7) is 4.05. The molecule has 0 spiro atoms. The predicted molar refractivity (Wildman–Crippen MR) is 77.7 cm³/mol. The second-order valence-electron chi connectivity index (χ2n) is 4.73. The number of carbonyl (C=O) groups is 2. The number of nitrogens with one attached hydrogen (secondary N) is 2. The maximum Gasteiger partial charge on any atom is 0.292 e. The zero-order chi connectivity index (χ0) is 16.0. The lowest BCUT2D eigenvalue weighted by Gasteiger charge is -2.09. The lowest BCUT2D eigenvalue weighted by Crippen LogP contribution is -2.36. The van der Waals surface area contributed by atoms with E-state index in [0.29, 0.717) is 6.54 Å². The third-order valence-electron chi connectivity index (χ3n) is 2.72. The molecule has 21 heavy (non-hydrogen) atoms. The van der Waals surface area contributed by atoms with Crippen LogP contribution in [0.25, 0.3) is 0 Å². The SMILES string of the molecule is CC(C)C(=O)NCCNC(=O)c1ccc(N)c([N+](=O)[O-])c1. The molecule has 2 amide bonds. The molecule has 0 saturated heterocycles. The number of hydrogen-bond donors (Lipinski definition) is 3. The van der Waals surface area contributed by atoms with Crippen LogP contribution in [-0.2, 0) is 4.79 Å². The number of nitrogens with zero attached hydrogens (tertiary/aromatic N) is 1. The van der Waals surface area contributed by atoms with Gasteiger partial charge in [0, 0.05) is 30.6 Å². The number of rotatable bonds is 6. The molecule has 8 heteroatoms. The molecule has 1 rings (SSSR count). The van der Waals surface area contributed by atoms with Crippen LogP contribution in [0.4, 0.5) is 11.4 Å². The third kappa shape index (κ3) is 4.75. The quantitative estimate of drug-likeness (QED) is 0.307. The molecule has 4 N–H and O–H groups in total. The maximum atomic E-state index is 11.8. The molecule has 0 aliphatic carbocycles. The fraction of sp³-hybridized carbons (Fsp3) is 0.385. The number of nitrogens with two attached hydrogens (primary N) is 1. The van der Waals surface area contributed by atoms with Crippen molar-refractivity contribution in [2.45, 2.75) is 13.8 Å². The van der Waals surface area contributed by atoms with Gasteiger partial charge in [-0.3, -0.25) is 19.7 Å². The Bertz CT molecular complexity index is 557. The molecule has 0 aromatic heterocycles. The molecule has 1 aromatic rings. The summed E-state index contributed by atoms with van der Waals surface area (Å²) in [4.78, 5) is 33.2. The summed E-state index contributed by atoms with van der Waals surface area (Å²) in [6.07, 6.45) is 0. The van der Waals surface area contributed by atoms with Gasteiger partial charge in [-0.2, -0.15) is 0 Å². The summed E-state index contributed by atoms with van der Waals surface area (Å²) >= 11 is 0. The molecule has 0 atom stereocenters. The second-order valence-corrected chi connectivity index (χ2v) is 4.73. The molecule has 0 unspecified atom stereocenters. The first-order valence-electron chi connectivity index (χ1n) is 6.42. The van der Waals surface area contributed by atoms with E-state index in [9.17, 15) is 19.7 Å². The molecule has 114 valence electrons. The van der Waals surface area contributed by atoms with Crippen LogP contribution >= 0.6 is 0 Å². The van der Waals surface area contributed by atoms with Crippen LogP contribution in [0.2, 0.25) is 0 Å². The van der Waals surface area contributed by atoms with Gasteiger partial charge < -0.3 is 16.4 Å². The zero-order valence-electron chi connectivity index (χ0n) is 11.9. The van der Waals surface area contributed by atoms with Crippen molar-refractivity contribution in [3.05, 3.63) is 33.9 Å². The molecule has 0 heterocycles. The average Bonchev–Trinajstić information content (AvgIpc) is 2.43. The minimum atomic E-state index is -0.644. The molecular formula is C13H18N4O4. The standard InChI is InChI=1S/C13H18N4O4/c1-8(2)12(18)15-5-6-16-13(19)9-3-4-10(14)11(7-9)17(20)21/h3-4,7-8H,5-6,14H2,1-2H3,(H,15,18)(H,16,19). The van der Waals surface area contributed by atoms with Gasteiger partial charge in [0.05, 0.1) is 4.92 Å². The molecule has 0 aliphatic heterocycles. The van der Waals surface area contributed by atoms with Crippen molar-refractivity contribution in [1.29, 1.82) is 0 Å². The van der Waals surface area contributed by atoms with Crippen LogP contribution < -0.4 is 16.4 Å².